The summed E-state index contributed by atoms with van der Waals surface area (Å²) in [6.45, 7) is 11.3. The van der Waals surface area contributed by atoms with Crippen molar-refractivity contribution in [2.75, 3.05) is 58.5 Å². The highest BCUT2D eigenvalue weighted by Gasteiger charge is 2.52. The minimum Gasteiger partial charge on any atom is -0.496 e. The fourth-order valence-corrected chi connectivity index (χ4v) is 12.4. The number of morpholine rings is 1. The van der Waals surface area contributed by atoms with E-state index in [-0.39, 0.29) is 62.4 Å². The number of methoxy groups -OCH3 is 1. The highest BCUT2D eigenvalue weighted by Crippen LogP contribution is 2.48. The number of benzene rings is 4. The molecule has 24 heteroatoms. The van der Waals surface area contributed by atoms with Gasteiger partial charge in [-0.2, -0.15) is 5.10 Å². The summed E-state index contributed by atoms with van der Waals surface area (Å²) >= 11 is 13.1. The molecule has 4 aliphatic heterocycles. The molecule has 22 nitrogen and oxygen atoms in total. The van der Waals surface area contributed by atoms with Crippen LogP contribution in [0.15, 0.2) is 97.3 Å². The molecule has 0 radical (unpaired) electrons. The summed E-state index contributed by atoms with van der Waals surface area (Å²) < 4.78 is 49.4. The third-order valence-electron chi connectivity index (χ3n) is 15.9. The minimum atomic E-state index is -1.36. The SMILES string of the molecule is COc1cc2c(cc1-c1cncc(NC(=O)CNC(=O)[C@H](CCC(=O)NC[C@H](O)[C@H]3OC(C)(C)OC3[C@H]3COC(C)(C)O3)NC(=O)OCC3c4ccccc4-c4ccccc43)c1)-c1c(c(C(=O)N3CCOCC3(C)C)nn1-c1cc(Cl)cc(Cl)c1)CO2. The molecule has 11 rings (SSSR count). The second-order valence-corrected chi connectivity index (χ2v) is 24.3. The van der Waals surface area contributed by atoms with Gasteiger partial charge in [-0.1, -0.05) is 71.7 Å². The Hall–Kier alpha value is -7.67. The smallest absolute Gasteiger partial charge is 0.407 e. The van der Waals surface area contributed by atoms with Gasteiger partial charge in [0.05, 0.1) is 62.3 Å². The van der Waals surface area contributed by atoms with Crippen LogP contribution in [0.25, 0.3) is 39.2 Å². The van der Waals surface area contributed by atoms with E-state index in [9.17, 15) is 29.1 Å². The number of amides is 5. The van der Waals surface area contributed by atoms with Crippen molar-refractivity contribution in [1.82, 2.24) is 35.6 Å². The van der Waals surface area contributed by atoms with Crippen LogP contribution in [0.4, 0.5) is 10.5 Å². The molecule has 3 fully saturated rings. The van der Waals surface area contributed by atoms with E-state index >= 15 is 0 Å². The van der Waals surface area contributed by atoms with Crippen molar-refractivity contribution in [3.05, 3.63) is 130 Å². The number of fused-ring (bicyclic) bond motifs is 6. The van der Waals surface area contributed by atoms with E-state index in [0.717, 1.165) is 22.3 Å². The Morgan fingerprint density at radius 3 is 2.24 bits per heavy atom. The molecular weight excluding hydrogens is 1160 g/mol. The fraction of sp³-hybridized carbons (Fsp3) is 0.413. The van der Waals surface area contributed by atoms with E-state index in [2.05, 4.69) is 26.3 Å². The molecule has 1 unspecified atom stereocenters. The lowest BCUT2D eigenvalue weighted by atomic mass is 9.95. The average molecular weight is 1230 g/mol. The topological polar surface area (TPSA) is 261 Å². The first kappa shape index (κ1) is 61.0. The van der Waals surface area contributed by atoms with Gasteiger partial charge in [0.25, 0.3) is 5.91 Å². The van der Waals surface area contributed by atoms with Gasteiger partial charge < -0.3 is 69.2 Å². The van der Waals surface area contributed by atoms with Crippen LogP contribution in [0.3, 0.4) is 0 Å². The molecule has 0 saturated carbocycles. The molecule has 458 valence electrons. The number of aliphatic hydroxyl groups excluding tert-OH is 1. The third kappa shape index (κ3) is 13.1. The summed E-state index contributed by atoms with van der Waals surface area (Å²) in [6.07, 6.45) is -1.77. The van der Waals surface area contributed by atoms with Crippen molar-refractivity contribution in [3.63, 3.8) is 0 Å². The number of hydrogen-bond donors (Lipinski definition) is 5. The highest BCUT2D eigenvalue weighted by atomic mass is 35.5. The zero-order chi connectivity index (χ0) is 61.5. The molecule has 6 aromatic rings. The number of pyridine rings is 1. The van der Waals surface area contributed by atoms with Gasteiger partial charge in [0.1, 0.15) is 55.2 Å². The molecule has 0 spiro atoms. The number of aromatic nitrogens is 3. The number of carbonyl (C=O) groups is 5. The van der Waals surface area contributed by atoms with Gasteiger partial charge >= 0.3 is 6.09 Å². The molecule has 2 aromatic heterocycles. The summed E-state index contributed by atoms with van der Waals surface area (Å²) in [4.78, 5) is 75.7. The van der Waals surface area contributed by atoms with Crippen molar-refractivity contribution >= 4 is 58.6 Å². The Kier molecular flexibility index (Phi) is 17.4. The van der Waals surface area contributed by atoms with Crippen LogP contribution in [0.2, 0.25) is 10.0 Å². The summed E-state index contributed by atoms with van der Waals surface area (Å²) in [5, 5.41) is 27.7. The summed E-state index contributed by atoms with van der Waals surface area (Å²) in [7, 11) is 1.51. The molecule has 4 aromatic carbocycles. The number of aliphatic hydroxyl groups is 1. The third-order valence-corrected chi connectivity index (χ3v) is 16.4. The first-order chi connectivity index (χ1) is 41.5. The summed E-state index contributed by atoms with van der Waals surface area (Å²) in [5.41, 5.74) is 7.07. The lowest BCUT2D eigenvalue weighted by Gasteiger charge is -2.41. The Balaban J connectivity index is 0.787. The second-order valence-electron chi connectivity index (χ2n) is 23.5. The molecule has 6 heterocycles. The molecule has 0 bridgehead atoms. The maximum Gasteiger partial charge on any atom is 0.407 e. The van der Waals surface area contributed by atoms with Crippen molar-refractivity contribution < 1.29 is 67.0 Å². The second kappa shape index (κ2) is 24.8. The average Bonchev–Trinajstić information content (AvgIpc) is 1.92. The number of halogens is 2. The number of rotatable bonds is 18. The lowest BCUT2D eigenvalue weighted by Crippen LogP contribution is -2.55. The Bertz CT molecular complexity index is 3580. The molecule has 5 amide bonds. The Morgan fingerprint density at radius 1 is 0.828 bits per heavy atom. The maximum absolute atomic E-state index is 14.5. The first-order valence-corrected chi connectivity index (χ1v) is 29.4. The van der Waals surface area contributed by atoms with Crippen LogP contribution in [0.1, 0.15) is 87.5 Å². The number of anilines is 1. The molecule has 5 aliphatic rings. The summed E-state index contributed by atoms with van der Waals surface area (Å²) in [6, 6.07) is 24.6. The molecular formula is C63H68Cl2N8O14. The van der Waals surface area contributed by atoms with Crippen LogP contribution in [-0.4, -0.2) is 155 Å². The molecule has 1 aliphatic carbocycles. The largest absolute Gasteiger partial charge is 0.496 e. The summed E-state index contributed by atoms with van der Waals surface area (Å²) in [5.74, 6) is -3.61. The van der Waals surface area contributed by atoms with Crippen LogP contribution in [-0.2, 0) is 49.4 Å². The Labute approximate surface area is 512 Å². The van der Waals surface area contributed by atoms with Crippen LogP contribution in [0.5, 0.6) is 11.5 Å². The van der Waals surface area contributed by atoms with Crippen molar-refractivity contribution in [2.24, 2.45) is 0 Å². The predicted molar refractivity (Wildman–Crippen MR) is 320 cm³/mol. The normalized spacial score (nSPS) is 20.2. The van der Waals surface area contributed by atoms with Gasteiger partial charge in [-0.15, -0.1) is 0 Å². The molecule has 5 N–H and O–H groups in total. The minimum absolute atomic E-state index is 0.0103. The fourth-order valence-electron chi connectivity index (χ4n) is 11.8. The van der Waals surface area contributed by atoms with E-state index in [1.165, 1.54) is 13.3 Å². The number of nitrogens with zero attached hydrogens (tertiary/aromatic N) is 4. The molecule has 5 atom stereocenters. The zero-order valence-corrected chi connectivity index (χ0v) is 50.6. The number of alkyl carbamates (subject to hydrolysis) is 1. The van der Waals surface area contributed by atoms with E-state index in [1.54, 1.807) is 73.8 Å². The zero-order valence-electron chi connectivity index (χ0n) is 49.1. The van der Waals surface area contributed by atoms with Gasteiger partial charge in [0.2, 0.25) is 17.7 Å². The van der Waals surface area contributed by atoms with E-state index in [0.29, 0.717) is 74.9 Å². The first-order valence-electron chi connectivity index (χ1n) is 28.7. The van der Waals surface area contributed by atoms with Gasteiger partial charge in [-0.25, -0.2) is 9.48 Å². The van der Waals surface area contributed by atoms with Crippen molar-refractivity contribution in [1.29, 1.82) is 0 Å². The van der Waals surface area contributed by atoms with Crippen LogP contribution < -0.4 is 30.7 Å². The predicted octanol–water partition coefficient (Wildman–Crippen LogP) is 7.95. The van der Waals surface area contributed by atoms with Gasteiger partial charge in [-0.3, -0.25) is 24.2 Å². The lowest BCUT2D eigenvalue weighted by molar-refractivity contribution is -0.175. The van der Waals surface area contributed by atoms with Gasteiger partial charge in [0, 0.05) is 70.0 Å². The Morgan fingerprint density at radius 2 is 1.55 bits per heavy atom. The van der Waals surface area contributed by atoms with Crippen molar-refractivity contribution in [3.8, 4) is 50.7 Å². The molecule has 3 saturated heterocycles. The van der Waals surface area contributed by atoms with E-state index in [1.807, 2.05) is 68.4 Å². The number of hydrogen-bond acceptors (Lipinski definition) is 16. The van der Waals surface area contributed by atoms with Crippen LogP contribution in [0, 0.1) is 0 Å². The molecule has 87 heavy (non-hydrogen) atoms. The number of ether oxygens (including phenoxy) is 8. The monoisotopic (exact) mass is 1230 g/mol. The van der Waals surface area contributed by atoms with Crippen molar-refractivity contribution in [2.45, 2.75) is 114 Å². The van der Waals surface area contributed by atoms with Gasteiger partial charge in [-0.05, 0) is 101 Å². The quantitative estimate of drug-likeness (QED) is 0.0547. The van der Waals surface area contributed by atoms with Crippen LogP contribution >= 0.6 is 23.2 Å². The number of carbonyl (C=O) groups excluding carboxylic acids is 5. The maximum atomic E-state index is 14.5. The van der Waals surface area contributed by atoms with E-state index < -0.39 is 77.9 Å². The highest BCUT2D eigenvalue weighted by molar-refractivity contribution is 6.35. The standard InChI is InChI=1S/C63H68Cl2N8O14/c1-61(2)33-81-19-18-72(61)59(78)54-46-31-82-50-25-49(80-7)43(24-44(50)55(46)73(71-54)38-22-35(64)21-36(65)23-38)34-20-37(27-66-26-34)69-53(76)29-68-58(77)47(70-60(79)83-30-45-41-14-10-8-12-39(41)40-13-9-11-15-42(40)45)16-17-52(75)67-28-48(74)56-57(87-63(5,6)86-56)51-32-84-62(3,4)85-51/h8-15,20-27,45,47-48,51,56-57,74H,16-19,28-33H2,1-7H3,(H,67,75)(H,68,77)(H,69,76)(H,70,79)/t47-,48-,51+,56+,57?/m0/s1. The van der Waals surface area contributed by atoms with E-state index in [4.69, 9.17) is 66.2 Å². The number of nitrogens with one attached hydrogen (secondary N) is 4. The van der Waals surface area contributed by atoms with Gasteiger partial charge in [0.15, 0.2) is 17.3 Å².